The van der Waals surface area contributed by atoms with Gasteiger partial charge >= 0.3 is 0 Å². The summed E-state index contributed by atoms with van der Waals surface area (Å²) in [5.41, 5.74) is 0. The first-order chi connectivity index (χ1) is 20.2. The van der Waals surface area contributed by atoms with Crippen LogP contribution in [0.4, 0.5) is 0 Å². The highest BCUT2D eigenvalue weighted by Gasteiger charge is 2.19. The van der Waals surface area contributed by atoms with Crippen LogP contribution >= 0.6 is 0 Å². The molecule has 0 aromatic heterocycles. The summed E-state index contributed by atoms with van der Waals surface area (Å²) in [4.78, 5) is 12.2. The maximum absolute atomic E-state index is 12.2. The van der Waals surface area contributed by atoms with Gasteiger partial charge in [0.2, 0.25) is 5.91 Å². The molecule has 0 rings (SSSR count). The molecule has 238 valence electrons. The predicted octanol–water partition coefficient (Wildman–Crippen LogP) is 10.1. The van der Waals surface area contributed by atoms with E-state index in [2.05, 4.69) is 67.8 Å². The fourth-order valence-electron chi connectivity index (χ4n) is 4.94. The molecule has 0 bridgehead atoms. The Bertz CT molecular complexity index is 667. The molecule has 0 fully saturated rings. The molecule has 41 heavy (non-hydrogen) atoms. The lowest BCUT2D eigenvalue weighted by Crippen LogP contribution is -2.45. The Labute approximate surface area is 254 Å². The summed E-state index contributed by atoms with van der Waals surface area (Å²) in [6.07, 6.45) is 43.5. The molecule has 0 heterocycles. The van der Waals surface area contributed by atoms with Gasteiger partial charge in [0.15, 0.2) is 0 Å². The van der Waals surface area contributed by atoms with Crippen LogP contribution in [-0.4, -0.2) is 34.9 Å². The predicted molar refractivity (Wildman–Crippen MR) is 179 cm³/mol. The fourth-order valence-corrected chi connectivity index (χ4v) is 4.94. The zero-order valence-corrected chi connectivity index (χ0v) is 27.0. The second-order valence-corrected chi connectivity index (χ2v) is 11.6. The van der Waals surface area contributed by atoms with Crippen molar-refractivity contribution in [1.82, 2.24) is 5.32 Å². The molecular weight excluding hydrogens is 506 g/mol. The Morgan fingerprint density at radius 3 is 1.59 bits per heavy atom. The summed E-state index contributed by atoms with van der Waals surface area (Å²) in [7, 11) is 0. The van der Waals surface area contributed by atoms with Crippen LogP contribution in [-0.2, 0) is 4.79 Å². The highest BCUT2D eigenvalue weighted by Crippen LogP contribution is 2.14. The molecule has 0 aromatic rings. The summed E-state index contributed by atoms with van der Waals surface area (Å²) >= 11 is 0. The third kappa shape index (κ3) is 29.6. The molecule has 1 amide bonds. The number of amides is 1. The Hall–Kier alpha value is -1.65. The lowest BCUT2D eigenvalue weighted by Gasteiger charge is -2.22. The number of carbonyl (C=O) groups excluding carboxylic acids is 1. The van der Waals surface area contributed by atoms with Crippen LogP contribution in [0.25, 0.3) is 0 Å². The third-order valence-corrected chi connectivity index (χ3v) is 7.60. The van der Waals surface area contributed by atoms with Crippen LogP contribution in [0.1, 0.15) is 162 Å². The molecule has 4 nitrogen and oxygen atoms in total. The number of aliphatic hydroxyl groups excluding tert-OH is 2. The first-order valence-electron chi connectivity index (χ1n) is 17.3. The number of nitrogens with one attached hydrogen (secondary N) is 1. The number of aliphatic hydroxyl groups is 2. The SMILES string of the molecule is CC/C=C\C/C=C\C/C=C\C/C=C\CCCCCCCCCCCCCCC(=O)NC(CO)C(O)CCCCCC. The van der Waals surface area contributed by atoms with Gasteiger partial charge in [0.25, 0.3) is 0 Å². The Kier molecular flexibility index (Phi) is 31.5. The molecule has 0 aliphatic rings. The average Bonchev–Trinajstić information content (AvgIpc) is 2.98. The first kappa shape index (κ1) is 39.4. The standard InChI is InChI=1S/C37H67NO3/c1-3-5-7-9-10-11-12-13-14-15-16-17-18-19-20-21-22-23-24-25-26-27-28-29-31-33-37(41)38-35(34-39)36(40)32-30-8-6-4-2/h5,7,10-11,13-14,16-17,35-36,39-40H,3-4,6,8-9,12,15,18-34H2,1-2H3,(H,38,41)/b7-5-,11-10-,14-13-,17-16-. The first-order valence-corrected chi connectivity index (χ1v) is 17.3. The van der Waals surface area contributed by atoms with Crippen LogP contribution in [0, 0.1) is 0 Å². The van der Waals surface area contributed by atoms with Gasteiger partial charge in [-0.2, -0.15) is 0 Å². The van der Waals surface area contributed by atoms with E-state index >= 15 is 0 Å². The van der Waals surface area contributed by atoms with Crippen molar-refractivity contribution in [3.05, 3.63) is 48.6 Å². The molecular formula is C37H67NO3. The molecule has 0 saturated heterocycles. The number of allylic oxidation sites excluding steroid dienone is 8. The van der Waals surface area contributed by atoms with Crippen LogP contribution in [0.2, 0.25) is 0 Å². The van der Waals surface area contributed by atoms with Crippen LogP contribution < -0.4 is 5.32 Å². The molecule has 2 atom stereocenters. The van der Waals surface area contributed by atoms with Crippen molar-refractivity contribution in [1.29, 1.82) is 0 Å². The molecule has 0 radical (unpaired) electrons. The molecule has 0 aliphatic heterocycles. The summed E-state index contributed by atoms with van der Waals surface area (Å²) < 4.78 is 0. The smallest absolute Gasteiger partial charge is 0.220 e. The molecule has 4 heteroatoms. The zero-order valence-electron chi connectivity index (χ0n) is 27.0. The minimum absolute atomic E-state index is 0.0462. The van der Waals surface area contributed by atoms with Crippen molar-refractivity contribution in [2.45, 2.75) is 174 Å². The summed E-state index contributed by atoms with van der Waals surface area (Å²) in [6, 6.07) is -0.533. The van der Waals surface area contributed by atoms with Gasteiger partial charge in [-0.05, 0) is 51.4 Å². The summed E-state index contributed by atoms with van der Waals surface area (Å²) in [6.45, 7) is 4.12. The molecule has 0 spiro atoms. The lowest BCUT2D eigenvalue weighted by molar-refractivity contribution is -0.123. The van der Waals surface area contributed by atoms with Gasteiger partial charge in [-0.25, -0.2) is 0 Å². The number of hydrogen-bond donors (Lipinski definition) is 3. The van der Waals surface area contributed by atoms with Crippen molar-refractivity contribution >= 4 is 5.91 Å². The largest absolute Gasteiger partial charge is 0.394 e. The minimum atomic E-state index is -0.656. The Balaban J connectivity index is 3.46. The van der Waals surface area contributed by atoms with Gasteiger partial charge in [0.05, 0.1) is 18.8 Å². The lowest BCUT2D eigenvalue weighted by atomic mass is 10.0. The van der Waals surface area contributed by atoms with E-state index in [-0.39, 0.29) is 12.5 Å². The van der Waals surface area contributed by atoms with Gasteiger partial charge in [-0.3, -0.25) is 4.79 Å². The van der Waals surface area contributed by atoms with E-state index in [1.165, 1.54) is 70.6 Å². The van der Waals surface area contributed by atoms with Crippen molar-refractivity contribution in [3.8, 4) is 0 Å². The van der Waals surface area contributed by atoms with Gasteiger partial charge in [0.1, 0.15) is 0 Å². The Morgan fingerprint density at radius 2 is 1.07 bits per heavy atom. The average molecular weight is 574 g/mol. The normalized spacial score (nSPS) is 13.8. The van der Waals surface area contributed by atoms with Crippen molar-refractivity contribution in [3.63, 3.8) is 0 Å². The topological polar surface area (TPSA) is 69.6 Å². The third-order valence-electron chi connectivity index (χ3n) is 7.60. The zero-order chi connectivity index (χ0) is 30.1. The molecule has 0 aromatic carbocycles. The molecule has 3 N–H and O–H groups in total. The quantitative estimate of drug-likeness (QED) is 0.0591. The summed E-state index contributed by atoms with van der Waals surface area (Å²) in [5.74, 6) is -0.0462. The number of rotatable bonds is 30. The molecule has 0 saturated carbocycles. The van der Waals surface area contributed by atoms with Crippen molar-refractivity contribution in [2.75, 3.05) is 6.61 Å². The fraction of sp³-hybridized carbons (Fsp3) is 0.757. The second-order valence-electron chi connectivity index (χ2n) is 11.6. The van der Waals surface area contributed by atoms with Gasteiger partial charge < -0.3 is 15.5 Å². The van der Waals surface area contributed by atoms with E-state index in [0.29, 0.717) is 12.8 Å². The number of unbranched alkanes of at least 4 members (excludes halogenated alkanes) is 15. The highest BCUT2D eigenvalue weighted by atomic mass is 16.3. The number of hydrogen-bond acceptors (Lipinski definition) is 3. The van der Waals surface area contributed by atoms with E-state index in [9.17, 15) is 15.0 Å². The van der Waals surface area contributed by atoms with E-state index < -0.39 is 12.1 Å². The maximum Gasteiger partial charge on any atom is 0.220 e. The van der Waals surface area contributed by atoms with Gasteiger partial charge in [0, 0.05) is 6.42 Å². The molecule has 0 aliphatic carbocycles. The van der Waals surface area contributed by atoms with E-state index in [0.717, 1.165) is 64.2 Å². The highest BCUT2D eigenvalue weighted by molar-refractivity contribution is 5.76. The second kappa shape index (κ2) is 32.9. The Morgan fingerprint density at radius 1 is 0.610 bits per heavy atom. The van der Waals surface area contributed by atoms with Crippen molar-refractivity contribution < 1.29 is 15.0 Å². The van der Waals surface area contributed by atoms with E-state index in [4.69, 9.17) is 0 Å². The van der Waals surface area contributed by atoms with Crippen LogP contribution in [0.5, 0.6) is 0 Å². The molecule has 2 unspecified atom stereocenters. The monoisotopic (exact) mass is 574 g/mol. The number of carbonyl (C=O) groups is 1. The minimum Gasteiger partial charge on any atom is -0.394 e. The van der Waals surface area contributed by atoms with Gasteiger partial charge in [-0.1, -0.05) is 152 Å². The maximum atomic E-state index is 12.2. The van der Waals surface area contributed by atoms with Crippen LogP contribution in [0.3, 0.4) is 0 Å². The van der Waals surface area contributed by atoms with Crippen molar-refractivity contribution in [2.24, 2.45) is 0 Å². The summed E-state index contributed by atoms with van der Waals surface area (Å²) in [5, 5.41) is 22.6. The van der Waals surface area contributed by atoms with E-state index in [1.807, 2.05) is 0 Å². The van der Waals surface area contributed by atoms with Crippen LogP contribution in [0.15, 0.2) is 48.6 Å². The van der Waals surface area contributed by atoms with E-state index in [1.54, 1.807) is 0 Å². The van der Waals surface area contributed by atoms with Gasteiger partial charge in [-0.15, -0.1) is 0 Å².